The third-order valence-corrected chi connectivity index (χ3v) is 5.09. The number of ether oxygens (including phenoxy) is 1. The first kappa shape index (κ1) is 20.3. The summed E-state index contributed by atoms with van der Waals surface area (Å²) in [4.78, 5) is 29.4. The fraction of sp³-hybridized carbons (Fsp3) is 0.619. The predicted octanol–water partition coefficient (Wildman–Crippen LogP) is 4.22. The molecule has 1 fully saturated rings. The summed E-state index contributed by atoms with van der Waals surface area (Å²) in [6.45, 7) is 8.39. The number of hydrogen-bond donors (Lipinski definition) is 0. The molecule has 1 aromatic carbocycles. The highest BCUT2D eigenvalue weighted by molar-refractivity contribution is 5.90. The molecule has 0 spiro atoms. The molecule has 2 rings (SSSR count). The Morgan fingerprint density at radius 1 is 1.15 bits per heavy atom. The predicted molar refractivity (Wildman–Crippen MR) is 103 cm³/mol. The Morgan fingerprint density at radius 2 is 1.88 bits per heavy atom. The summed E-state index contributed by atoms with van der Waals surface area (Å²) < 4.78 is 5.49. The molecule has 0 bridgehead atoms. The van der Waals surface area contributed by atoms with E-state index >= 15 is 0 Å². The first-order chi connectivity index (χ1) is 12.5. The molecule has 1 aliphatic heterocycles. The van der Waals surface area contributed by atoms with E-state index in [0.29, 0.717) is 13.0 Å². The Hall–Kier alpha value is -2.04. The lowest BCUT2D eigenvalue weighted by atomic mass is 9.96. The summed E-state index contributed by atoms with van der Waals surface area (Å²) in [6.07, 6.45) is 4.08. The van der Waals surface area contributed by atoms with Crippen molar-refractivity contribution in [1.29, 1.82) is 0 Å². The number of likely N-dealkylation sites (tertiary alicyclic amines) is 1. The molecule has 1 saturated heterocycles. The van der Waals surface area contributed by atoms with E-state index < -0.39 is 11.6 Å². The van der Waals surface area contributed by atoms with Crippen molar-refractivity contribution in [3.63, 3.8) is 0 Å². The van der Waals surface area contributed by atoms with E-state index in [2.05, 4.69) is 13.8 Å². The maximum absolute atomic E-state index is 13.2. The Bertz CT molecular complexity index is 590. The van der Waals surface area contributed by atoms with Gasteiger partial charge in [-0.25, -0.2) is 4.79 Å². The minimum atomic E-state index is -0.795. The molecule has 0 radical (unpaired) electrons. The van der Waals surface area contributed by atoms with Crippen molar-refractivity contribution in [2.75, 3.05) is 19.6 Å². The molecule has 1 heterocycles. The van der Waals surface area contributed by atoms with Gasteiger partial charge in [0, 0.05) is 19.6 Å². The van der Waals surface area contributed by atoms with Gasteiger partial charge in [-0.05, 0) is 38.2 Å². The molecular weight excluding hydrogens is 328 g/mol. The molecule has 1 aromatic rings. The van der Waals surface area contributed by atoms with Gasteiger partial charge in [0.15, 0.2) is 0 Å². The molecular formula is C21H32N2O3. The van der Waals surface area contributed by atoms with Crippen molar-refractivity contribution < 1.29 is 14.3 Å². The van der Waals surface area contributed by atoms with E-state index in [1.807, 2.05) is 42.2 Å². The second kappa shape index (κ2) is 9.60. The van der Waals surface area contributed by atoms with Crippen LogP contribution in [0.5, 0.6) is 0 Å². The molecule has 2 amide bonds. The van der Waals surface area contributed by atoms with E-state index in [0.717, 1.165) is 44.3 Å². The highest BCUT2D eigenvalue weighted by atomic mass is 16.6. The van der Waals surface area contributed by atoms with E-state index in [1.165, 1.54) is 0 Å². The number of hydrogen-bond acceptors (Lipinski definition) is 3. The third kappa shape index (κ3) is 4.77. The third-order valence-electron chi connectivity index (χ3n) is 5.09. The summed E-state index contributed by atoms with van der Waals surface area (Å²) >= 11 is 0. The van der Waals surface area contributed by atoms with E-state index in [4.69, 9.17) is 4.74 Å². The summed E-state index contributed by atoms with van der Waals surface area (Å²) in [6, 6.07) is 9.62. The first-order valence-electron chi connectivity index (χ1n) is 9.80. The van der Waals surface area contributed by atoms with Crippen LogP contribution in [0.3, 0.4) is 0 Å². The minimum absolute atomic E-state index is 0.0574. The van der Waals surface area contributed by atoms with Crippen LogP contribution in [0.15, 0.2) is 30.3 Å². The minimum Gasteiger partial charge on any atom is -0.445 e. The van der Waals surface area contributed by atoms with Crippen molar-refractivity contribution >= 4 is 12.0 Å². The van der Waals surface area contributed by atoms with Crippen LogP contribution in [0.4, 0.5) is 4.79 Å². The van der Waals surface area contributed by atoms with Crippen LogP contribution in [-0.4, -0.2) is 47.0 Å². The average Bonchev–Trinajstić information content (AvgIpc) is 3.06. The molecule has 0 N–H and O–H groups in total. The molecule has 0 aliphatic carbocycles. The lowest BCUT2D eigenvalue weighted by Gasteiger charge is -2.37. The topological polar surface area (TPSA) is 49.9 Å². The SMILES string of the molecule is CCCCN(CCC)C(=O)C1(C)CCCN1C(=O)OCc1ccccc1. The van der Waals surface area contributed by atoms with Gasteiger partial charge in [-0.15, -0.1) is 0 Å². The maximum Gasteiger partial charge on any atom is 0.410 e. The summed E-state index contributed by atoms with van der Waals surface area (Å²) in [5, 5.41) is 0. The molecule has 144 valence electrons. The maximum atomic E-state index is 13.2. The number of carbonyl (C=O) groups is 2. The quantitative estimate of drug-likeness (QED) is 0.697. The normalized spacial score (nSPS) is 19.4. The first-order valence-corrected chi connectivity index (χ1v) is 9.80. The lowest BCUT2D eigenvalue weighted by molar-refractivity contribution is -0.141. The van der Waals surface area contributed by atoms with Crippen molar-refractivity contribution in [2.24, 2.45) is 0 Å². The highest BCUT2D eigenvalue weighted by Crippen LogP contribution is 2.32. The number of nitrogens with zero attached hydrogens (tertiary/aromatic N) is 2. The second-order valence-electron chi connectivity index (χ2n) is 7.21. The Morgan fingerprint density at radius 3 is 2.54 bits per heavy atom. The number of unbranched alkanes of at least 4 members (excludes halogenated alkanes) is 1. The zero-order chi connectivity index (χ0) is 19.0. The highest BCUT2D eigenvalue weighted by Gasteiger charge is 2.48. The van der Waals surface area contributed by atoms with Crippen LogP contribution in [-0.2, 0) is 16.1 Å². The average molecular weight is 360 g/mol. The van der Waals surface area contributed by atoms with Crippen LogP contribution in [0, 0.1) is 0 Å². The standard InChI is InChI=1S/C21H32N2O3/c1-4-6-15-22(14-5-2)19(24)21(3)13-10-16-23(21)20(25)26-17-18-11-8-7-9-12-18/h7-9,11-12H,4-6,10,13-17H2,1-3H3. The molecule has 5 nitrogen and oxygen atoms in total. The van der Waals surface area contributed by atoms with Crippen molar-refractivity contribution in [1.82, 2.24) is 9.80 Å². The van der Waals surface area contributed by atoms with Crippen molar-refractivity contribution in [3.05, 3.63) is 35.9 Å². The van der Waals surface area contributed by atoms with Gasteiger partial charge in [0.05, 0.1) is 0 Å². The lowest BCUT2D eigenvalue weighted by Crippen LogP contribution is -2.56. The van der Waals surface area contributed by atoms with Gasteiger partial charge in [-0.1, -0.05) is 50.6 Å². The van der Waals surface area contributed by atoms with Crippen LogP contribution < -0.4 is 0 Å². The van der Waals surface area contributed by atoms with Gasteiger partial charge in [0.1, 0.15) is 12.1 Å². The number of rotatable bonds is 8. The zero-order valence-electron chi connectivity index (χ0n) is 16.4. The van der Waals surface area contributed by atoms with E-state index in [-0.39, 0.29) is 12.5 Å². The largest absolute Gasteiger partial charge is 0.445 e. The smallest absolute Gasteiger partial charge is 0.410 e. The molecule has 1 aliphatic rings. The molecule has 0 saturated carbocycles. The number of amides is 2. The fourth-order valence-electron chi connectivity index (χ4n) is 3.55. The van der Waals surface area contributed by atoms with Gasteiger partial charge >= 0.3 is 6.09 Å². The van der Waals surface area contributed by atoms with Crippen molar-refractivity contribution in [2.45, 2.75) is 65.0 Å². The van der Waals surface area contributed by atoms with E-state index in [9.17, 15) is 9.59 Å². The molecule has 1 unspecified atom stereocenters. The van der Waals surface area contributed by atoms with Gasteiger partial charge in [-0.2, -0.15) is 0 Å². The van der Waals surface area contributed by atoms with Gasteiger partial charge in [0.25, 0.3) is 0 Å². The van der Waals surface area contributed by atoms with Gasteiger partial charge in [-0.3, -0.25) is 9.69 Å². The molecule has 5 heteroatoms. The Kier molecular flexibility index (Phi) is 7.49. The second-order valence-corrected chi connectivity index (χ2v) is 7.21. The van der Waals surface area contributed by atoms with Crippen LogP contribution in [0.2, 0.25) is 0 Å². The summed E-state index contributed by atoms with van der Waals surface area (Å²) in [5.41, 5.74) is 0.153. The van der Waals surface area contributed by atoms with Crippen LogP contribution in [0.25, 0.3) is 0 Å². The molecule has 0 aromatic heterocycles. The molecule has 1 atom stereocenters. The number of benzene rings is 1. The summed E-state index contributed by atoms with van der Waals surface area (Å²) in [7, 11) is 0. The summed E-state index contributed by atoms with van der Waals surface area (Å²) in [5.74, 6) is 0.0574. The van der Waals surface area contributed by atoms with Crippen LogP contribution in [0.1, 0.15) is 58.4 Å². The fourth-order valence-corrected chi connectivity index (χ4v) is 3.55. The Labute approximate surface area is 157 Å². The van der Waals surface area contributed by atoms with Crippen molar-refractivity contribution in [3.8, 4) is 0 Å². The van der Waals surface area contributed by atoms with E-state index in [1.54, 1.807) is 4.90 Å². The van der Waals surface area contributed by atoms with Gasteiger partial charge < -0.3 is 9.64 Å². The number of carbonyl (C=O) groups excluding carboxylic acids is 2. The molecule has 26 heavy (non-hydrogen) atoms. The Balaban J connectivity index is 2.05. The zero-order valence-corrected chi connectivity index (χ0v) is 16.4. The monoisotopic (exact) mass is 360 g/mol. The van der Waals surface area contributed by atoms with Gasteiger partial charge in [0.2, 0.25) is 5.91 Å². The van der Waals surface area contributed by atoms with Crippen LogP contribution >= 0.6 is 0 Å².